The second-order valence-corrected chi connectivity index (χ2v) is 4.55. The molecular weight excluding hydrogens is 274 g/mol. The van der Waals surface area contributed by atoms with Crippen LogP contribution in [0.4, 0.5) is 5.82 Å². The number of aryl methyl sites for hydroxylation is 2. The Morgan fingerprint density at radius 2 is 2.05 bits per heavy atom. The molecule has 0 aliphatic carbocycles. The van der Waals surface area contributed by atoms with Gasteiger partial charge in [0.25, 0.3) is 5.91 Å². The SMILES string of the molecule is Cc1ccc(OCC(=O)Nc2cc(C(=O)O)[nH]n2)cc1C. The molecule has 0 saturated carbocycles. The number of carbonyl (C=O) groups excluding carboxylic acids is 1. The monoisotopic (exact) mass is 289 g/mol. The summed E-state index contributed by atoms with van der Waals surface area (Å²) in [7, 11) is 0. The van der Waals surface area contributed by atoms with E-state index < -0.39 is 11.9 Å². The van der Waals surface area contributed by atoms with Crippen LogP contribution in [0.1, 0.15) is 21.6 Å². The number of benzene rings is 1. The fourth-order valence-electron chi connectivity index (χ4n) is 1.63. The number of amides is 1. The number of aromatic carboxylic acids is 1. The van der Waals surface area contributed by atoms with Crippen LogP contribution in [-0.2, 0) is 4.79 Å². The van der Waals surface area contributed by atoms with Crippen LogP contribution in [0.3, 0.4) is 0 Å². The predicted octanol–water partition coefficient (Wildman–Crippen LogP) is 1.74. The van der Waals surface area contributed by atoms with E-state index in [0.717, 1.165) is 11.1 Å². The van der Waals surface area contributed by atoms with Gasteiger partial charge >= 0.3 is 5.97 Å². The molecule has 7 heteroatoms. The number of carboxylic acids is 1. The summed E-state index contributed by atoms with van der Waals surface area (Å²) < 4.78 is 5.36. The lowest BCUT2D eigenvalue weighted by Crippen LogP contribution is -2.20. The zero-order chi connectivity index (χ0) is 15.4. The number of rotatable bonds is 5. The van der Waals surface area contributed by atoms with Gasteiger partial charge in [-0.25, -0.2) is 4.79 Å². The molecule has 110 valence electrons. The maximum Gasteiger partial charge on any atom is 0.353 e. The van der Waals surface area contributed by atoms with Gasteiger partial charge in [0, 0.05) is 6.07 Å². The van der Waals surface area contributed by atoms with Crippen LogP contribution < -0.4 is 10.1 Å². The number of carbonyl (C=O) groups is 2. The van der Waals surface area contributed by atoms with Gasteiger partial charge in [0.2, 0.25) is 0 Å². The molecule has 2 aromatic rings. The van der Waals surface area contributed by atoms with E-state index in [1.165, 1.54) is 6.07 Å². The zero-order valence-corrected chi connectivity index (χ0v) is 11.6. The number of ether oxygens (including phenoxy) is 1. The number of nitrogens with zero attached hydrogens (tertiary/aromatic N) is 1. The molecule has 1 aromatic heterocycles. The summed E-state index contributed by atoms with van der Waals surface area (Å²) in [6.07, 6.45) is 0. The Morgan fingerprint density at radius 1 is 1.29 bits per heavy atom. The van der Waals surface area contributed by atoms with Gasteiger partial charge in [-0.3, -0.25) is 9.89 Å². The first-order valence-corrected chi connectivity index (χ1v) is 6.24. The fraction of sp³-hybridized carbons (Fsp3) is 0.214. The van der Waals surface area contributed by atoms with Crippen molar-refractivity contribution in [3.05, 3.63) is 41.1 Å². The van der Waals surface area contributed by atoms with Gasteiger partial charge in [0.05, 0.1) is 0 Å². The van der Waals surface area contributed by atoms with Gasteiger partial charge in [-0.05, 0) is 37.1 Å². The Balaban J connectivity index is 1.89. The molecule has 0 saturated heterocycles. The summed E-state index contributed by atoms with van der Waals surface area (Å²) in [6.45, 7) is 3.76. The van der Waals surface area contributed by atoms with Crippen molar-refractivity contribution in [3.63, 3.8) is 0 Å². The molecule has 2 rings (SSSR count). The Bertz CT molecular complexity index is 679. The predicted molar refractivity (Wildman–Crippen MR) is 75.6 cm³/mol. The molecule has 1 heterocycles. The molecule has 0 spiro atoms. The van der Waals surface area contributed by atoms with E-state index in [9.17, 15) is 9.59 Å². The molecule has 7 nitrogen and oxygen atoms in total. The average Bonchev–Trinajstić information content (AvgIpc) is 2.89. The normalized spacial score (nSPS) is 10.2. The average molecular weight is 289 g/mol. The topological polar surface area (TPSA) is 104 Å². The number of hydrogen-bond acceptors (Lipinski definition) is 4. The standard InChI is InChI=1S/C14H15N3O4/c1-8-3-4-10(5-9(8)2)21-7-13(18)15-12-6-11(14(19)20)16-17-12/h3-6H,7H2,1-2H3,(H,19,20)(H2,15,16,17,18). The Labute approximate surface area is 120 Å². The number of H-pyrrole nitrogens is 1. The van der Waals surface area contributed by atoms with Crippen LogP contribution in [-0.4, -0.2) is 33.8 Å². The van der Waals surface area contributed by atoms with E-state index >= 15 is 0 Å². The summed E-state index contributed by atoms with van der Waals surface area (Å²) >= 11 is 0. The third kappa shape index (κ3) is 3.82. The third-order valence-corrected chi connectivity index (χ3v) is 2.92. The highest BCUT2D eigenvalue weighted by Crippen LogP contribution is 2.16. The summed E-state index contributed by atoms with van der Waals surface area (Å²) in [4.78, 5) is 22.3. The number of nitrogens with one attached hydrogen (secondary N) is 2. The number of aromatic nitrogens is 2. The summed E-state index contributed by atoms with van der Waals surface area (Å²) in [6, 6.07) is 6.78. The van der Waals surface area contributed by atoms with Gasteiger partial charge in [-0.2, -0.15) is 5.10 Å². The first-order chi connectivity index (χ1) is 9.95. The van der Waals surface area contributed by atoms with Gasteiger partial charge in [-0.1, -0.05) is 6.07 Å². The number of hydrogen-bond donors (Lipinski definition) is 3. The molecule has 1 amide bonds. The third-order valence-electron chi connectivity index (χ3n) is 2.92. The lowest BCUT2D eigenvalue weighted by atomic mass is 10.1. The van der Waals surface area contributed by atoms with E-state index in [4.69, 9.17) is 9.84 Å². The van der Waals surface area contributed by atoms with Gasteiger partial charge in [0.15, 0.2) is 12.4 Å². The van der Waals surface area contributed by atoms with Crippen molar-refractivity contribution in [2.24, 2.45) is 0 Å². The van der Waals surface area contributed by atoms with E-state index in [0.29, 0.717) is 5.75 Å². The highest BCUT2D eigenvalue weighted by molar-refractivity contribution is 5.93. The fourth-order valence-corrected chi connectivity index (χ4v) is 1.63. The van der Waals surface area contributed by atoms with Crippen molar-refractivity contribution in [3.8, 4) is 5.75 Å². The van der Waals surface area contributed by atoms with E-state index in [1.807, 2.05) is 26.0 Å². The minimum Gasteiger partial charge on any atom is -0.484 e. The van der Waals surface area contributed by atoms with Crippen molar-refractivity contribution in [2.75, 3.05) is 11.9 Å². The van der Waals surface area contributed by atoms with Gasteiger partial charge < -0.3 is 15.2 Å². The molecule has 0 atom stereocenters. The molecule has 0 fully saturated rings. The van der Waals surface area contributed by atoms with Crippen LogP contribution in [0.5, 0.6) is 5.75 Å². The Hall–Kier alpha value is -2.83. The molecule has 0 bridgehead atoms. The largest absolute Gasteiger partial charge is 0.484 e. The summed E-state index contributed by atoms with van der Waals surface area (Å²) in [5.41, 5.74) is 2.12. The molecule has 3 N–H and O–H groups in total. The lowest BCUT2D eigenvalue weighted by Gasteiger charge is -2.07. The van der Waals surface area contributed by atoms with Crippen molar-refractivity contribution in [2.45, 2.75) is 13.8 Å². The molecule has 21 heavy (non-hydrogen) atoms. The van der Waals surface area contributed by atoms with E-state index in [-0.39, 0.29) is 18.1 Å². The Kier molecular flexibility index (Phi) is 4.22. The van der Waals surface area contributed by atoms with Gasteiger partial charge in [-0.15, -0.1) is 0 Å². The molecular formula is C14H15N3O4. The van der Waals surface area contributed by atoms with E-state index in [1.54, 1.807) is 6.07 Å². The highest BCUT2D eigenvalue weighted by Gasteiger charge is 2.10. The molecule has 0 radical (unpaired) electrons. The second-order valence-electron chi connectivity index (χ2n) is 4.55. The van der Waals surface area contributed by atoms with Crippen molar-refractivity contribution >= 4 is 17.7 Å². The molecule has 0 unspecified atom stereocenters. The van der Waals surface area contributed by atoms with Crippen LogP contribution >= 0.6 is 0 Å². The lowest BCUT2D eigenvalue weighted by molar-refractivity contribution is -0.118. The number of anilines is 1. The molecule has 1 aromatic carbocycles. The van der Waals surface area contributed by atoms with Crippen molar-refractivity contribution in [1.29, 1.82) is 0 Å². The minimum absolute atomic E-state index is 0.0969. The van der Waals surface area contributed by atoms with Crippen LogP contribution in [0.2, 0.25) is 0 Å². The smallest absolute Gasteiger partial charge is 0.353 e. The minimum atomic E-state index is -1.14. The van der Waals surface area contributed by atoms with Gasteiger partial charge in [0.1, 0.15) is 11.4 Å². The second kappa shape index (κ2) is 6.08. The number of carboxylic acid groups (broad SMARTS) is 1. The maximum atomic E-state index is 11.7. The summed E-state index contributed by atoms with van der Waals surface area (Å²) in [5, 5.41) is 17.1. The zero-order valence-electron chi connectivity index (χ0n) is 11.6. The van der Waals surface area contributed by atoms with Crippen molar-refractivity contribution < 1.29 is 19.4 Å². The maximum absolute atomic E-state index is 11.7. The highest BCUT2D eigenvalue weighted by atomic mass is 16.5. The van der Waals surface area contributed by atoms with Crippen LogP contribution in [0.15, 0.2) is 24.3 Å². The Morgan fingerprint density at radius 3 is 2.67 bits per heavy atom. The molecule has 0 aliphatic rings. The number of aromatic amines is 1. The first kappa shape index (κ1) is 14.6. The van der Waals surface area contributed by atoms with Crippen LogP contribution in [0, 0.1) is 13.8 Å². The van der Waals surface area contributed by atoms with Crippen LogP contribution in [0.25, 0.3) is 0 Å². The van der Waals surface area contributed by atoms with Crippen molar-refractivity contribution in [1.82, 2.24) is 10.2 Å². The quantitative estimate of drug-likeness (QED) is 0.777. The molecule has 0 aliphatic heterocycles. The summed E-state index contributed by atoms with van der Waals surface area (Å²) in [5.74, 6) is -0.825. The van der Waals surface area contributed by atoms with E-state index in [2.05, 4.69) is 15.5 Å². The first-order valence-electron chi connectivity index (χ1n) is 6.24.